The lowest BCUT2D eigenvalue weighted by Gasteiger charge is -2.42. The third-order valence-electron chi connectivity index (χ3n) is 4.69. The Morgan fingerprint density at radius 3 is 2.79 bits per heavy atom. The maximum atomic E-state index is 10.8. The van der Waals surface area contributed by atoms with E-state index >= 15 is 0 Å². The first-order valence-corrected chi connectivity index (χ1v) is 8.25. The van der Waals surface area contributed by atoms with Gasteiger partial charge in [-0.05, 0) is 30.2 Å². The summed E-state index contributed by atoms with van der Waals surface area (Å²) in [5, 5.41) is 17.4. The number of nitro groups is 1. The van der Waals surface area contributed by atoms with Crippen LogP contribution in [-0.2, 0) is 11.3 Å². The zero-order chi connectivity index (χ0) is 17.4. The predicted molar refractivity (Wildman–Crippen MR) is 94.1 cm³/mol. The van der Waals surface area contributed by atoms with Crippen LogP contribution in [0.4, 0.5) is 5.69 Å². The van der Waals surface area contributed by atoms with Gasteiger partial charge in [-0.1, -0.05) is 18.6 Å². The molecular weight excluding hydrogens is 308 g/mol. The number of guanidine groups is 1. The number of aliphatic imine (C=N–C) groups is 1. The largest absolute Gasteiger partial charge is 0.385 e. The highest BCUT2D eigenvalue weighted by atomic mass is 16.6. The second-order valence-electron chi connectivity index (χ2n) is 6.30. The summed E-state index contributed by atoms with van der Waals surface area (Å²) in [6.07, 6.45) is 4.75. The molecule has 0 aromatic heterocycles. The van der Waals surface area contributed by atoms with E-state index in [1.54, 1.807) is 26.3 Å². The summed E-state index contributed by atoms with van der Waals surface area (Å²) in [5.41, 5.74) is 1.26. The average Bonchev–Trinajstić information content (AvgIpc) is 2.56. The third kappa shape index (κ3) is 4.92. The Kier molecular flexibility index (Phi) is 6.54. The molecule has 1 aromatic rings. The van der Waals surface area contributed by atoms with Crippen LogP contribution in [0.2, 0.25) is 0 Å². The van der Waals surface area contributed by atoms with E-state index < -0.39 is 0 Å². The first kappa shape index (κ1) is 18.2. The van der Waals surface area contributed by atoms with Gasteiger partial charge in [-0.15, -0.1) is 0 Å². The number of nitro benzene ring substituents is 1. The molecule has 0 heterocycles. The van der Waals surface area contributed by atoms with Gasteiger partial charge in [0.1, 0.15) is 0 Å². The van der Waals surface area contributed by atoms with Crippen LogP contribution in [0.5, 0.6) is 0 Å². The number of nitrogens with one attached hydrogen (secondary N) is 2. The molecule has 0 aliphatic heterocycles. The summed E-state index contributed by atoms with van der Waals surface area (Å²) in [7, 11) is 3.46. The Morgan fingerprint density at radius 1 is 1.42 bits per heavy atom. The number of non-ortho nitro benzene ring substituents is 1. The van der Waals surface area contributed by atoms with Crippen LogP contribution in [0.1, 0.15) is 31.2 Å². The van der Waals surface area contributed by atoms with Crippen LogP contribution in [0.25, 0.3) is 0 Å². The number of rotatable bonds is 8. The zero-order valence-electron chi connectivity index (χ0n) is 14.4. The molecule has 132 valence electrons. The standard InChI is InChI=1S/C17H26N4O3/c1-18-16(20-13-17(7-4-8-17)9-10-24-2)19-12-14-5-3-6-15(11-14)21(22)23/h3,5-6,11H,4,7-10,12-13H2,1-2H3,(H2,18,19,20). The summed E-state index contributed by atoms with van der Waals surface area (Å²) < 4.78 is 5.21. The molecule has 1 aromatic carbocycles. The van der Waals surface area contributed by atoms with Gasteiger partial charge in [0.25, 0.3) is 5.69 Å². The predicted octanol–water partition coefficient (Wildman–Crippen LogP) is 2.47. The molecule has 0 spiro atoms. The lowest BCUT2D eigenvalue weighted by Crippen LogP contribution is -2.46. The third-order valence-corrected chi connectivity index (χ3v) is 4.69. The van der Waals surface area contributed by atoms with E-state index in [0.29, 0.717) is 17.9 Å². The Labute approximate surface area is 142 Å². The number of hydrogen-bond acceptors (Lipinski definition) is 4. The van der Waals surface area contributed by atoms with Gasteiger partial charge < -0.3 is 15.4 Å². The van der Waals surface area contributed by atoms with Crippen molar-refractivity contribution in [1.29, 1.82) is 0 Å². The van der Waals surface area contributed by atoms with Crippen molar-refractivity contribution >= 4 is 11.6 Å². The maximum Gasteiger partial charge on any atom is 0.269 e. The van der Waals surface area contributed by atoms with Crippen molar-refractivity contribution in [3.05, 3.63) is 39.9 Å². The molecule has 0 radical (unpaired) electrons. The normalized spacial score (nSPS) is 16.3. The molecule has 1 aliphatic carbocycles. The van der Waals surface area contributed by atoms with Crippen LogP contribution >= 0.6 is 0 Å². The number of ether oxygens (including phenoxy) is 1. The second kappa shape index (κ2) is 8.63. The van der Waals surface area contributed by atoms with Crippen molar-refractivity contribution in [1.82, 2.24) is 10.6 Å². The highest BCUT2D eigenvalue weighted by Gasteiger charge is 2.36. The zero-order valence-corrected chi connectivity index (χ0v) is 14.4. The molecule has 0 amide bonds. The van der Waals surface area contributed by atoms with Gasteiger partial charge in [0.2, 0.25) is 0 Å². The molecule has 24 heavy (non-hydrogen) atoms. The fourth-order valence-corrected chi connectivity index (χ4v) is 2.97. The molecule has 1 saturated carbocycles. The maximum absolute atomic E-state index is 10.8. The Morgan fingerprint density at radius 2 is 2.21 bits per heavy atom. The van der Waals surface area contributed by atoms with Crippen molar-refractivity contribution in [3.8, 4) is 0 Å². The smallest absolute Gasteiger partial charge is 0.269 e. The van der Waals surface area contributed by atoms with Gasteiger partial charge in [-0.2, -0.15) is 0 Å². The number of methoxy groups -OCH3 is 1. The van der Waals surface area contributed by atoms with Crippen LogP contribution in [0.15, 0.2) is 29.3 Å². The van der Waals surface area contributed by atoms with Crippen LogP contribution < -0.4 is 10.6 Å². The molecule has 1 fully saturated rings. The molecule has 0 saturated heterocycles. The van der Waals surface area contributed by atoms with Crippen LogP contribution in [0, 0.1) is 15.5 Å². The fraction of sp³-hybridized carbons (Fsp3) is 0.588. The van der Waals surface area contributed by atoms with E-state index in [-0.39, 0.29) is 10.6 Å². The Balaban J connectivity index is 1.84. The number of nitrogens with zero attached hydrogens (tertiary/aromatic N) is 2. The molecular formula is C17H26N4O3. The van der Waals surface area contributed by atoms with E-state index in [0.717, 1.165) is 25.1 Å². The van der Waals surface area contributed by atoms with Crippen molar-refractivity contribution in [2.75, 3.05) is 27.3 Å². The monoisotopic (exact) mass is 334 g/mol. The van der Waals surface area contributed by atoms with Crippen LogP contribution in [0.3, 0.4) is 0 Å². The molecule has 7 nitrogen and oxygen atoms in total. The summed E-state index contributed by atoms with van der Waals surface area (Å²) in [6.45, 7) is 2.14. The summed E-state index contributed by atoms with van der Waals surface area (Å²) in [6, 6.07) is 6.62. The van der Waals surface area contributed by atoms with E-state index in [1.807, 2.05) is 6.07 Å². The van der Waals surface area contributed by atoms with E-state index in [9.17, 15) is 10.1 Å². The summed E-state index contributed by atoms with van der Waals surface area (Å²) >= 11 is 0. The van der Waals surface area contributed by atoms with Gasteiger partial charge in [0.15, 0.2) is 5.96 Å². The van der Waals surface area contributed by atoms with E-state index in [4.69, 9.17) is 4.74 Å². The first-order valence-electron chi connectivity index (χ1n) is 8.25. The van der Waals surface area contributed by atoms with Gasteiger partial charge in [0.05, 0.1) is 4.92 Å². The SMILES string of the molecule is CN=C(NCc1cccc([N+](=O)[O-])c1)NCC1(CCOC)CCC1. The van der Waals surface area contributed by atoms with Crippen LogP contribution in [-0.4, -0.2) is 38.2 Å². The Bertz CT molecular complexity index is 585. The highest BCUT2D eigenvalue weighted by molar-refractivity contribution is 5.79. The quantitative estimate of drug-likeness (QED) is 0.330. The molecule has 0 bridgehead atoms. The minimum atomic E-state index is -0.382. The molecule has 2 N–H and O–H groups in total. The first-order chi connectivity index (χ1) is 11.6. The molecule has 1 aliphatic rings. The average molecular weight is 334 g/mol. The molecule has 2 rings (SSSR count). The minimum absolute atomic E-state index is 0.102. The molecule has 0 atom stereocenters. The van der Waals surface area contributed by atoms with Gasteiger partial charge in [-0.3, -0.25) is 15.1 Å². The van der Waals surface area contributed by atoms with Crippen molar-refractivity contribution < 1.29 is 9.66 Å². The molecule has 7 heteroatoms. The van der Waals surface area contributed by atoms with Gasteiger partial charge in [-0.25, -0.2) is 0 Å². The minimum Gasteiger partial charge on any atom is -0.385 e. The Hall–Kier alpha value is -2.15. The number of benzene rings is 1. The number of hydrogen-bond donors (Lipinski definition) is 2. The van der Waals surface area contributed by atoms with Crippen molar-refractivity contribution in [3.63, 3.8) is 0 Å². The summed E-state index contributed by atoms with van der Waals surface area (Å²) in [5.74, 6) is 0.713. The highest BCUT2D eigenvalue weighted by Crippen LogP contribution is 2.43. The van der Waals surface area contributed by atoms with Crippen molar-refractivity contribution in [2.45, 2.75) is 32.2 Å². The second-order valence-corrected chi connectivity index (χ2v) is 6.30. The van der Waals surface area contributed by atoms with Gasteiger partial charge in [0, 0.05) is 46.0 Å². The lowest BCUT2D eigenvalue weighted by molar-refractivity contribution is -0.384. The van der Waals surface area contributed by atoms with Gasteiger partial charge >= 0.3 is 0 Å². The molecule has 0 unspecified atom stereocenters. The van der Waals surface area contributed by atoms with Crippen molar-refractivity contribution in [2.24, 2.45) is 10.4 Å². The lowest BCUT2D eigenvalue weighted by atomic mass is 9.67. The van der Waals surface area contributed by atoms with E-state index in [1.165, 1.54) is 25.3 Å². The topological polar surface area (TPSA) is 88.8 Å². The summed E-state index contributed by atoms with van der Waals surface area (Å²) in [4.78, 5) is 14.7. The fourth-order valence-electron chi connectivity index (χ4n) is 2.97. The van der Waals surface area contributed by atoms with E-state index in [2.05, 4.69) is 15.6 Å².